The molecule has 0 saturated heterocycles. The Morgan fingerprint density at radius 1 is 0.850 bits per heavy atom. The molecule has 0 saturated carbocycles. The molecule has 0 atom stereocenters. The standard InChI is InChI=1S/C23H32N8O9/c1-14-8-30(22(38)26-20(14)36)11-17(33)28(6-4-24)10-16(32)25-5-7-29(13-19(35)40-3)18(34)12-31-9-15(2)21(37)27-23(31)39/h8-9H,4-7,10-13,24H2,1-3H3,(H,25,32)(H,26,36,38)(H,27,37,39). The van der Waals surface area contributed by atoms with Gasteiger partial charge in [-0.2, -0.15) is 0 Å². The van der Waals surface area contributed by atoms with E-state index in [-0.39, 0.29) is 37.3 Å². The van der Waals surface area contributed by atoms with E-state index in [9.17, 15) is 38.4 Å². The van der Waals surface area contributed by atoms with Crippen LogP contribution in [0.15, 0.2) is 31.6 Å². The molecule has 17 heteroatoms. The van der Waals surface area contributed by atoms with Gasteiger partial charge in [0.05, 0.1) is 13.7 Å². The summed E-state index contributed by atoms with van der Waals surface area (Å²) in [6, 6.07) is 0. The van der Waals surface area contributed by atoms with Gasteiger partial charge in [-0.25, -0.2) is 9.59 Å². The number of amides is 3. The predicted molar refractivity (Wildman–Crippen MR) is 139 cm³/mol. The number of hydrogen-bond donors (Lipinski definition) is 4. The van der Waals surface area contributed by atoms with Crippen LogP contribution in [0.5, 0.6) is 0 Å². The van der Waals surface area contributed by atoms with Gasteiger partial charge >= 0.3 is 17.3 Å². The molecule has 0 spiro atoms. The molecule has 0 fully saturated rings. The van der Waals surface area contributed by atoms with Gasteiger partial charge in [0.25, 0.3) is 11.1 Å². The minimum atomic E-state index is -0.806. The number of nitrogens with zero attached hydrogens (tertiary/aromatic N) is 4. The van der Waals surface area contributed by atoms with Gasteiger partial charge in [-0.3, -0.25) is 47.9 Å². The summed E-state index contributed by atoms with van der Waals surface area (Å²) >= 11 is 0. The lowest BCUT2D eigenvalue weighted by Crippen LogP contribution is -2.48. The van der Waals surface area contributed by atoms with E-state index >= 15 is 0 Å². The van der Waals surface area contributed by atoms with Crippen molar-refractivity contribution in [1.29, 1.82) is 0 Å². The zero-order valence-corrected chi connectivity index (χ0v) is 22.4. The number of ether oxygens (including phenoxy) is 1. The van der Waals surface area contributed by atoms with Gasteiger partial charge < -0.3 is 25.6 Å². The summed E-state index contributed by atoms with van der Waals surface area (Å²) in [5.41, 5.74) is 3.23. The smallest absolute Gasteiger partial charge is 0.328 e. The van der Waals surface area contributed by atoms with Crippen LogP contribution in [-0.2, 0) is 37.0 Å². The number of aromatic amines is 2. The van der Waals surface area contributed by atoms with Crippen LogP contribution in [0, 0.1) is 13.8 Å². The first-order valence-corrected chi connectivity index (χ1v) is 12.1. The average molecular weight is 565 g/mol. The van der Waals surface area contributed by atoms with Gasteiger partial charge in [0, 0.05) is 49.7 Å². The van der Waals surface area contributed by atoms with E-state index in [2.05, 4.69) is 20.0 Å². The molecule has 0 aliphatic heterocycles. The molecule has 0 bridgehead atoms. The lowest BCUT2D eigenvalue weighted by Gasteiger charge is -2.24. The fraction of sp³-hybridized carbons (Fsp3) is 0.478. The number of rotatable bonds is 13. The number of esters is 1. The van der Waals surface area contributed by atoms with Crippen LogP contribution in [0.1, 0.15) is 11.1 Å². The highest BCUT2D eigenvalue weighted by Gasteiger charge is 2.21. The molecule has 218 valence electrons. The summed E-state index contributed by atoms with van der Waals surface area (Å²) in [6.45, 7) is 0.902. The Balaban J connectivity index is 2.03. The topological polar surface area (TPSA) is 232 Å². The monoisotopic (exact) mass is 564 g/mol. The molecule has 0 aromatic carbocycles. The van der Waals surface area contributed by atoms with Crippen molar-refractivity contribution in [2.24, 2.45) is 5.73 Å². The third-order valence-electron chi connectivity index (χ3n) is 5.68. The van der Waals surface area contributed by atoms with Gasteiger partial charge in [-0.05, 0) is 13.8 Å². The summed E-state index contributed by atoms with van der Waals surface area (Å²) in [5, 5.41) is 2.53. The molecule has 5 N–H and O–H groups in total. The SMILES string of the molecule is COC(=O)CN(CCNC(=O)CN(CCN)C(=O)Cn1cc(C)c(=O)[nH]c1=O)C(=O)Cn1cc(C)c(=O)[nH]c1=O. The number of hydrogen-bond acceptors (Lipinski definition) is 10. The molecule has 0 aliphatic rings. The van der Waals surface area contributed by atoms with Crippen LogP contribution in [0.2, 0.25) is 0 Å². The molecule has 2 aromatic heterocycles. The lowest BCUT2D eigenvalue weighted by atomic mass is 10.3. The number of aromatic nitrogens is 4. The minimum absolute atomic E-state index is 0.00360. The van der Waals surface area contributed by atoms with Crippen LogP contribution >= 0.6 is 0 Å². The largest absolute Gasteiger partial charge is 0.468 e. The van der Waals surface area contributed by atoms with Crippen molar-refractivity contribution in [3.8, 4) is 0 Å². The number of carbonyl (C=O) groups is 4. The molecule has 2 heterocycles. The van der Waals surface area contributed by atoms with Gasteiger partial charge in [0.2, 0.25) is 17.7 Å². The maximum Gasteiger partial charge on any atom is 0.328 e. The molecule has 2 rings (SSSR count). The number of aryl methyl sites for hydroxylation is 2. The number of carbonyl (C=O) groups excluding carboxylic acids is 4. The highest BCUT2D eigenvalue weighted by Crippen LogP contribution is 1.97. The fourth-order valence-electron chi connectivity index (χ4n) is 3.48. The summed E-state index contributed by atoms with van der Waals surface area (Å²) in [4.78, 5) is 103. The molecule has 2 aromatic rings. The van der Waals surface area contributed by atoms with Crippen molar-refractivity contribution < 1.29 is 23.9 Å². The Kier molecular flexibility index (Phi) is 11.3. The van der Waals surface area contributed by atoms with Crippen molar-refractivity contribution in [1.82, 2.24) is 34.2 Å². The summed E-state index contributed by atoms with van der Waals surface area (Å²) in [6.07, 6.45) is 2.44. The van der Waals surface area contributed by atoms with Crippen molar-refractivity contribution >= 4 is 23.7 Å². The summed E-state index contributed by atoms with van der Waals surface area (Å²) < 4.78 is 6.59. The van der Waals surface area contributed by atoms with Crippen molar-refractivity contribution in [3.63, 3.8) is 0 Å². The van der Waals surface area contributed by atoms with Crippen LogP contribution in [0.25, 0.3) is 0 Å². The van der Waals surface area contributed by atoms with E-state index in [4.69, 9.17) is 5.73 Å². The lowest BCUT2D eigenvalue weighted by molar-refractivity contribution is -0.147. The Labute approximate surface area is 226 Å². The minimum Gasteiger partial charge on any atom is -0.468 e. The molecule has 3 amide bonds. The van der Waals surface area contributed by atoms with Crippen molar-refractivity contribution in [3.05, 3.63) is 65.2 Å². The third-order valence-corrected chi connectivity index (χ3v) is 5.68. The second kappa shape index (κ2) is 14.4. The van der Waals surface area contributed by atoms with Crippen molar-refractivity contribution in [2.75, 3.05) is 46.4 Å². The van der Waals surface area contributed by atoms with Gasteiger partial charge in [0.15, 0.2) is 0 Å². The summed E-state index contributed by atoms with van der Waals surface area (Å²) in [7, 11) is 1.13. The second-order valence-electron chi connectivity index (χ2n) is 8.74. The zero-order chi connectivity index (χ0) is 30.0. The third kappa shape index (κ3) is 8.90. The number of methoxy groups -OCH3 is 1. The van der Waals surface area contributed by atoms with Gasteiger partial charge in [-0.1, -0.05) is 0 Å². The molecule has 0 aliphatic carbocycles. The quantitative estimate of drug-likeness (QED) is 0.171. The van der Waals surface area contributed by atoms with E-state index in [1.807, 2.05) is 0 Å². The predicted octanol–water partition coefficient (Wildman–Crippen LogP) is -4.39. The Hall–Kier alpha value is -4.80. The van der Waals surface area contributed by atoms with E-state index in [0.29, 0.717) is 0 Å². The van der Waals surface area contributed by atoms with Crippen molar-refractivity contribution in [2.45, 2.75) is 26.9 Å². The van der Waals surface area contributed by atoms with Crippen LogP contribution < -0.4 is 33.5 Å². The van der Waals surface area contributed by atoms with Crippen LogP contribution in [0.4, 0.5) is 0 Å². The normalized spacial score (nSPS) is 10.6. The van der Waals surface area contributed by atoms with E-state index in [1.165, 1.54) is 26.2 Å². The van der Waals surface area contributed by atoms with E-state index in [0.717, 1.165) is 26.0 Å². The van der Waals surface area contributed by atoms with Crippen LogP contribution in [0.3, 0.4) is 0 Å². The molecule has 0 unspecified atom stereocenters. The molecular weight excluding hydrogens is 532 g/mol. The maximum atomic E-state index is 12.8. The van der Waals surface area contributed by atoms with Crippen LogP contribution in [-0.4, -0.2) is 99.0 Å². The molecule has 17 nitrogen and oxygen atoms in total. The molecule has 0 radical (unpaired) electrons. The van der Waals surface area contributed by atoms with Gasteiger partial charge in [0.1, 0.15) is 19.6 Å². The second-order valence-corrected chi connectivity index (χ2v) is 8.74. The first-order valence-electron chi connectivity index (χ1n) is 12.1. The summed E-state index contributed by atoms with van der Waals surface area (Å²) in [5.74, 6) is -2.60. The Morgan fingerprint density at radius 2 is 1.32 bits per heavy atom. The first-order chi connectivity index (χ1) is 18.9. The average Bonchev–Trinajstić information content (AvgIpc) is 2.89. The molecular formula is C23H32N8O9. The first kappa shape index (κ1) is 31.4. The fourth-order valence-corrected chi connectivity index (χ4v) is 3.48. The Morgan fingerprint density at radius 3 is 1.77 bits per heavy atom. The van der Waals surface area contributed by atoms with Gasteiger partial charge in [-0.15, -0.1) is 0 Å². The molecule has 40 heavy (non-hydrogen) atoms. The zero-order valence-electron chi connectivity index (χ0n) is 22.4. The number of nitrogens with one attached hydrogen (secondary N) is 3. The van der Waals surface area contributed by atoms with E-state index < -0.39 is 72.4 Å². The maximum absolute atomic E-state index is 12.8. The highest BCUT2D eigenvalue weighted by molar-refractivity contribution is 5.85. The number of nitrogens with two attached hydrogens (primary N) is 1. The highest BCUT2D eigenvalue weighted by atomic mass is 16.5. The number of H-pyrrole nitrogens is 2. The Bertz CT molecular complexity index is 1490. The van der Waals surface area contributed by atoms with E-state index in [1.54, 1.807) is 0 Å².